The second-order valence-electron chi connectivity index (χ2n) is 5.66. The van der Waals surface area contributed by atoms with Crippen molar-refractivity contribution in [3.8, 4) is 11.1 Å². The first-order valence-corrected chi connectivity index (χ1v) is 6.99. The first-order valence-electron chi connectivity index (χ1n) is 6.99. The number of benzene rings is 2. The summed E-state index contributed by atoms with van der Waals surface area (Å²) in [5.74, 6) is 0.699. The first kappa shape index (κ1) is 13.8. The van der Waals surface area contributed by atoms with Crippen molar-refractivity contribution in [3.05, 3.63) is 59.2 Å². The van der Waals surface area contributed by atoms with E-state index in [0.29, 0.717) is 12.5 Å². The molecule has 0 fully saturated rings. The molecule has 0 spiro atoms. The minimum Gasteiger partial charge on any atom is -0.326 e. The van der Waals surface area contributed by atoms with E-state index in [9.17, 15) is 0 Å². The maximum absolute atomic E-state index is 5.85. The van der Waals surface area contributed by atoms with E-state index in [2.05, 4.69) is 63.2 Å². The molecule has 0 heterocycles. The summed E-state index contributed by atoms with van der Waals surface area (Å²) in [6.07, 6.45) is 1.14. The van der Waals surface area contributed by atoms with Crippen LogP contribution in [0.4, 0.5) is 0 Å². The van der Waals surface area contributed by atoms with Crippen LogP contribution in [0.25, 0.3) is 11.1 Å². The normalized spacial score (nSPS) is 11.0. The summed E-state index contributed by atoms with van der Waals surface area (Å²) in [6, 6.07) is 15.4. The van der Waals surface area contributed by atoms with Crippen molar-refractivity contribution in [2.45, 2.75) is 33.7 Å². The van der Waals surface area contributed by atoms with Crippen LogP contribution in [0, 0.1) is 12.8 Å². The quantitative estimate of drug-likeness (QED) is 0.863. The molecule has 0 aliphatic rings. The Kier molecular flexibility index (Phi) is 4.39. The maximum atomic E-state index is 5.85. The Morgan fingerprint density at radius 1 is 1.00 bits per heavy atom. The largest absolute Gasteiger partial charge is 0.326 e. The highest BCUT2D eigenvalue weighted by atomic mass is 14.5. The highest BCUT2D eigenvalue weighted by molar-refractivity contribution is 5.68. The summed E-state index contributed by atoms with van der Waals surface area (Å²) >= 11 is 0. The summed E-state index contributed by atoms with van der Waals surface area (Å²) in [4.78, 5) is 0. The van der Waals surface area contributed by atoms with E-state index in [1.165, 1.54) is 27.8 Å². The molecule has 0 aliphatic carbocycles. The zero-order chi connectivity index (χ0) is 13.8. The van der Waals surface area contributed by atoms with Crippen LogP contribution in [0.5, 0.6) is 0 Å². The van der Waals surface area contributed by atoms with Gasteiger partial charge in [0, 0.05) is 6.54 Å². The Hall–Kier alpha value is -1.60. The van der Waals surface area contributed by atoms with Crippen molar-refractivity contribution >= 4 is 0 Å². The van der Waals surface area contributed by atoms with Gasteiger partial charge in [-0.05, 0) is 41.5 Å². The third-order valence-electron chi connectivity index (χ3n) is 3.39. The van der Waals surface area contributed by atoms with Gasteiger partial charge in [-0.2, -0.15) is 0 Å². The molecule has 0 aromatic heterocycles. The third-order valence-corrected chi connectivity index (χ3v) is 3.39. The van der Waals surface area contributed by atoms with E-state index < -0.39 is 0 Å². The fourth-order valence-electron chi connectivity index (χ4n) is 2.46. The van der Waals surface area contributed by atoms with Crippen molar-refractivity contribution in [1.82, 2.24) is 0 Å². The van der Waals surface area contributed by atoms with Crippen molar-refractivity contribution < 1.29 is 0 Å². The smallest absolute Gasteiger partial charge is 0.0184 e. The van der Waals surface area contributed by atoms with Crippen molar-refractivity contribution in [1.29, 1.82) is 0 Å². The molecule has 2 aromatic carbocycles. The number of hydrogen-bond donors (Lipinski definition) is 1. The summed E-state index contributed by atoms with van der Waals surface area (Å²) in [5.41, 5.74) is 12.3. The van der Waals surface area contributed by atoms with E-state index in [1.807, 2.05) is 0 Å². The van der Waals surface area contributed by atoms with Crippen molar-refractivity contribution in [3.63, 3.8) is 0 Å². The fraction of sp³-hybridized carbons (Fsp3) is 0.333. The van der Waals surface area contributed by atoms with E-state index in [4.69, 9.17) is 5.73 Å². The molecule has 0 amide bonds. The van der Waals surface area contributed by atoms with Gasteiger partial charge in [0.25, 0.3) is 0 Å². The molecule has 0 aliphatic heterocycles. The minimum absolute atomic E-state index is 0.588. The Morgan fingerprint density at radius 3 is 2.26 bits per heavy atom. The average Bonchev–Trinajstić information content (AvgIpc) is 2.39. The van der Waals surface area contributed by atoms with Gasteiger partial charge >= 0.3 is 0 Å². The third kappa shape index (κ3) is 3.45. The molecule has 19 heavy (non-hydrogen) atoms. The lowest BCUT2D eigenvalue weighted by atomic mass is 9.95. The lowest BCUT2D eigenvalue weighted by molar-refractivity contribution is 0.647. The summed E-state index contributed by atoms with van der Waals surface area (Å²) < 4.78 is 0. The topological polar surface area (TPSA) is 26.0 Å². The van der Waals surface area contributed by atoms with Crippen LogP contribution in [0.1, 0.15) is 30.5 Å². The van der Waals surface area contributed by atoms with Crippen LogP contribution in [-0.2, 0) is 13.0 Å². The SMILES string of the molecule is Cc1ccc(-c2ccc(CC(C)C)cc2)c(CN)c1. The van der Waals surface area contributed by atoms with Crippen LogP contribution < -0.4 is 5.73 Å². The Morgan fingerprint density at radius 2 is 1.68 bits per heavy atom. The van der Waals surface area contributed by atoms with Crippen LogP contribution in [0.2, 0.25) is 0 Å². The van der Waals surface area contributed by atoms with Gasteiger partial charge in [-0.15, -0.1) is 0 Å². The Labute approximate surface area is 116 Å². The standard InChI is InChI=1S/C18H23N/c1-13(2)10-15-5-7-16(8-6-15)18-9-4-14(3)11-17(18)12-19/h4-9,11,13H,10,12,19H2,1-3H3. The van der Waals surface area contributed by atoms with Crippen LogP contribution >= 0.6 is 0 Å². The highest BCUT2D eigenvalue weighted by Crippen LogP contribution is 2.25. The van der Waals surface area contributed by atoms with Crippen LogP contribution in [-0.4, -0.2) is 0 Å². The van der Waals surface area contributed by atoms with Crippen molar-refractivity contribution in [2.24, 2.45) is 11.7 Å². The Bertz CT molecular complexity index is 538. The summed E-state index contributed by atoms with van der Waals surface area (Å²) in [6.45, 7) is 7.19. The first-order chi connectivity index (χ1) is 9.10. The molecule has 0 radical (unpaired) electrons. The van der Waals surface area contributed by atoms with E-state index in [-0.39, 0.29) is 0 Å². The number of aryl methyl sites for hydroxylation is 1. The van der Waals surface area contributed by atoms with Crippen LogP contribution in [0.3, 0.4) is 0 Å². The van der Waals surface area contributed by atoms with Gasteiger partial charge in [0.2, 0.25) is 0 Å². The van der Waals surface area contributed by atoms with Gasteiger partial charge in [-0.1, -0.05) is 61.9 Å². The predicted molar refractivity (Wildman–Crippen MR) is 83.0 cm³/mol. The van der Waals surface area contributed by atoms with Crippen LogP contribution in [0.15, 0.2) is 42.5 Å². The van der Waals surface area contributed by atoms with Gasteiger partial charge in [0.1, 0.15) is 0 Å². The van der Waals surface area contributed by atoms with E-state index in [0.717, 1.165) is 6.42 Å². The lowest BCUT2D eigenvalue weighted by Gasteiger charge is -2.11. The van der Waals surface area contributed by atoms with Gasteiger partial charge < -0.3 is 5.73 Å². The molecule has 0 saturated heterocycles. The van der Waals surface area contributed by atoms with Gasteiger partial charge in [-0.3, -0.25) is 0 Å². The molecule has 1 heteroatoms. The van der Waals surface area contributed by atoms with E-state index in [1.54, 1.807) is 0 Å². The zero-order valence-electron chi connectivity index (χ0n) is 12.1. The lowest BCUT2D eigenvalue weighted by Crippen LogP contribution is -2.00. The van der Waals surface area contributed by atoms with Crippen molar-refractivity contribution in [2.75, 3.05) is 0 Å². The molecule has 2 aromatic rings. The molecule has 100 valence electrons. The molecule has 0 unspecified atom stereocenters. The van der Waals surface area contributed by atoms with Gasteiger partial charge in [0.05, 0.1) is 0 Å². The average molecular weight is 253 g/mol. The number of hydrogen-bond acceptors (Lipinski definition) is 1. The number of nitrogens with two attached hydrogens (primary N) is 1. The predicted octanol–water partition coefficient (Wildman–Crippen LogP) is 4.32. The molecule has 0 saturated carbocycles. The monoisotopic (exact) mass is 253 g/mol. The van der Waals surface area contributed by atoms with Gasteiger partial charge in [0.15, 0.2) is 0 Å². The fourth-order valence-corrected chi connectivity index (χ4v) is 2.46. The second-order valence-corrected chi connectivity index (χ2v) is 5.66. The second kappa shape index (κ2) is 6.03. The van der Waals surface area contributed by atoms with Gasteiger partial charge in [-0.25, -0.2) is 0 Å². The molecular formula is C18H23N. The highest BCUT2D eigenvalue weighted by Gasteiger charge is 2.05. The summed E-state index contributed by atoms with van der Waals surface area (Å²) in [7, 11) is 0. The Balaban J connectivity index is 2.32. The molecule has 2 N–H and O–H groups in total. The minimum atomic E-state index is 0.588. The molecule has 2 rings (SSSR count). The molecule has 0 atom stereocenters. The molecule has 0 bridgehead atoms. The van der Waals surface area contributed by atoms with E-state index >= 15 is 0 Å². The summed E-state index contributed by atoms with van der Waals surface area (Å²) in [5, 5.41) is 0. The zero-order valence-corrected chi connectivity index (χ0v) is 12.1. The molecule has 1 nitrogen and oxygen atoms in total. The molecular weight excluding hydrogens is 230 g/mol. The number of rotatable bonds is 4. The maximum Gasteiger partial charge on any atom is 0.0184 e.